The Labute approximate surface area is 44.3 Å². The van der Waals surface area contributed by atoms with Gasteiger partial charge in [0.15, 0.2) is 6.29 Å². The molecule has 0 aliphatic heterocycles. The summed E-state index contributed by atoms with van der Waals surface area (Å²) >= 11 is 4.50. The number of halogens is 3. The normalized spacial score (nSPS) is 18.1. The molecule has 0 fully saturated rings. The highest BCUT2D eigenvalue weighted by Gasteiger charge is 2.24. The average Bonchev–Trinajstić information content (AvgIpc) is 1.68. The summed E-state index contributed by atoms with van der Waals surface area (Å²) in [6.07, 6.45) is -0.283. The van der Waals surface area contributed by atoms with Gasteiger partial charge in [-0.25, -0.2) is 8.78 Å². The molecule has 0 aromatic heterocycles. The van der Waals surface area contributed by atoms with E-state index >= 15 is 0 Å². The lowest BCUT2D eigenvalue weighted by molar-refractivity contribution is -0.114. The van der Waals surface area contributed by atoms with E-state index in [0.29, 0.717) is 0 Å². The van der Waals surface area contributed by atoms with Crippen LogP contribution in [0.2, 0.25) is 0 Å². The van der Waals surface area contributed by atoms with Gasteiger partial charge in [0.1, 0.15) is 6.67 Å². The third-order valence-electron chi connectivity index (χ3n) is 0.351. The maximum absolute atomic E-state index is 11.6. The van der Waals surface area contributed by atoms with Gasteiger partial charge in [-0.3, -0.25) is 4.79 Å². The van der Waals surface area contributed by atoms with Gasteiger partial charge in [-0.1, -0.05) is 11.6 Å². The first kappa shape index (κ1) is 6.82. The topological polar surface area (TPSA) is 17.1 Å². The minimum absolute atomic E-state index is 0.283. The summed E-state index contributed by atoms with van der Waals surface area (Å²) in [5.41, 5.74) is 0. The van der Waals surface area contributed by atoms with Crippen molar-refractivity contribution in [2.75, 3.05) is 6.67 Å². The summed E-state index contributed by atoms with van der Waals surface area (Å²) in [5, 5.41) is -2.79. The van der Waals surface area contributed by atoms with Crippen molar-refractivity contribution >= 4 is 17.9 Å². The molecule has 0 saturated carbocycles. The van der Waals surface area contributed by atoms with Crippen molar-refractivity contribution in [3.8, 4) is 0 Å². The summed E-state index contributed by atoms with van der Waals surface area (Å²) in [6.45, 7) is -1.47. The molecule has 0 aliphatic carbocycles. The van der Waals surface area contributed by atoms with Crippen LogP contribution in [0.4, 0.5) is 8.78 Å². The van der Waals surface area contributed by atoms with Gasteiger partial charge in [-0.05, 0) is 0 Å². The zero-order chi connectivity index (χ0) is 5.91. The molecule has 0 saturated heterocycles. The molecule has 1 atom stereocenters. The molecule has 0 aliphatic rings. The molecule has 1 unspecified atom stereocenters. The van der Waals surface area contributed by atoms with Crippen molar-refractivity contribution in [1.29, 1.82) is 0 Å². The first-order valence-corrected chi connectivity index (χ1v) is 1.90. The van der Waals surface area contributed by atoms with Crippen LogP contribution in [0.1, 0.15) is 0 Å². The van der Waals surface area contributed by atoms with E-state index in [1.165, 1.54) is 0 Å². The molecule has 0 rings (SSSR count). The molecular formula is C3H3ClF2O. The monoisotopic (exact) mass is 128 g/mol. The van der Waals surface area contributed by atoms with Crippen molar-refractivity contribution in [3.05, 3.63) is 0 Å². The zero-order valence-corrected chi connectivity index (χ0v) is 4.08. The van der Waals surface area contributed by atoms with Crippen LogP contribution in [0.15, 0.2) is 0 Å². The van der Waals surface area contributed by atoms with Gasteiger partial charge in [-0.2, -0.15) is 0 Å². The van der Waals surface area contributed by atoms with Crippen LogP contribution in [-0.4, -0.2) is 18.1 Å². The maximum atomic E-state index is 11.6. The van der Waals surface area contributed by atoms with Crippen molar-refractivity contribution in [2.45, 2.75) is 5.13 Å². The lowest BCUT2D eigenvalue weighted by Gasteiger charge is -1.99. The number of carbonyl (C=O) groups is 1. The summed E-state index contributed by atoms with van der Waals surface area (Å²) < 4.78 is 22.6. The third kappa shape index (κ3) is 2.51. The Morgan fingerprint density at radius 2 is 2.29 bits per heavy atom. The van der Waals surface area contributed by atoms with Gasteiger partial charge in [0.05, 0.1) is 0 Å². The Morgan fingerprint density at radius 1 is 1.86 bits per heavy atom. The summed E-state index contributed by atoms with van der Waals surface area (Å²) in [5.74, 6) is 0. The highest BCUT2D eigenvalue weighted by Crippen LogP contribution is 2.12. The van der Waals surface area contributed by atoms with Crippen LogP contribution < -0.4 is 0 Å². The SMILES string of the molecule is O=CC(F)(Cl)CF. The lowest BCUT2D eigenvalue weighted by Crippen LogP contribution is -2.17. The van der Waals surface area contributed by atoms with Gasteiger partial charge in [0.25, 0.3) is 5.13 Å². The van der Waals surface area contributed by atoms with Gasteiger partial charge in [0.2, 0.25) is 0 Å². The quantitative estimate of drug-likeness (QED) is 0.402. The number of alkyl halides is 3. The van der Waals surface area contributed by atoms with E-state index in [4.69, 9.17) is 0 Å². The molecule has 0 radical (unpaired) electrons. The van der Waals surface area contributed by atoms with Crippen molar-refractivity contribution in [2.24, 2.45) is 0 Å². The number of aldehydes is 1. The predicted octanol–water partition coefficient (Wildman–Crippen LogP) is 1.06. The van der Waals surface area contributed by atoms with Gasteiger partial charge in [0, 0.05) is 0 Å². The maximum Gasteiger partial charge on any atom is 0.266 e. The van der Waals surface area contributed by atoms with E-state index in [1.54, 1.807) is 0 Å². The Hall–Kier alpha value is -0.180. The van der Waals surface area contributed by atoms with E-state index in [1.807, 2.05) is 0 Å². The smallest absolute Gasteiger partial charge is 0.266 e. The summed E-state index contributed by atoms with van der Waals surface area (Å²) in [7, 11) is 0. The fraction of sp³-hybridized carbons (Fsp3) is 0.667. The molecule has 0 aromatic rings. The summed E-state index contributed by atoms with van der Waals surface area (Å²) in [4.78, 5) is 9.31. The van der Waals surface area contributed by atoms with Crippen molar-refractivity contribution in [1.82, 2.24) is 0 Å². The Morgan fingerprint density at radius 3 is 2.29 bits per heavy atom. The van der Waals surface area contributed by atoms with Crippen LogP contribution in [0, 0.1) is 0 Å². The number of hydrogen-bond donors (Lipinski definition) is 0. The second-order valence-electron chi connectivity index (χ2n) is 1.01. The van der Waals surface area contributed by atoms with Gasteiger partial charge < -0.3 is 0 Å². The van der Waals surface area contributed by atoms with E-state index in [0.717, 1.165) is 0 Å². The van der Waals surface area contributed by atoms with E-state index in [9.17, 15) is 13.6 Å². The fourth-order valence-corrected chi connectivity index (χ4v) is 0.0315. The van der Waals surface area contributed by atoms with Crippen molar-refractivity contribution < 1.29 is 13.6 Å². The standard InChI is InChI=1S/C3H3ClF2O/c4-3(6,1-5)2-7/h2H,1H2. The van der Waals surface area contributed by atoms with Crippen LogP contribution in [0.25, 0.3) is 0 Å². The van der Waals surface area contributed by atoms with E-state index in [2.05, 4.69) is 11.6 Å². The van der Waals surface area contributed by atoms with E-state index < -0.39 is 11.8 Å². The molecular weight excluding hydrogens is 125 g/mol. The predicted molar refractivity (Wildman–Crippen MR) is 21.7 cm³/mol. The molecule has 0 amide bonds. The van der Waals surface area contributed by atoms with Gasteiger partial charge in [-0.15, -0.1) is 0 Å². The first-order chi connectivity index (χ1) is 3.12. The Balaban J connectivity index is 3.58. The molecule has 7 heavy (non-hydrogen) atoms. The molecule has 0 aromatic carbocycles. The van der Waals surface area contributed by atoms with E-state index in [-0.39, 0.29) is 6.29 Å². The molecule has 1 nitrogen and oxygen atoms in total. The van der Waals surface area contributed by atoms with Gasteiger partial charge >= 0.3 is 0 Å². The third-order valence-corrected chi connectivity index (χ3v) is 0.541. The second kappa shape index (κ2) is 2.21. The molecule has 42 valence electrons. The van der Waals surface area contributed by atoms with Crippen LogP contribution in [0.5, 0.6) is 0 Å². The fourth-order valence-electron chi connectivity index (χ4n) is 0.0315. The highest BCUT2D eigenvalue weighted by atomic mass is 35.5. The average molecular weight is 129 g/mol. The van der Waals surface area contributed by atoms with Crippen LogP contribution >= 0.6 is 11.6 Å². The molecule has 0 N–H and O–H groups in total. The highest BCUT2D eigenvalue weighted by molar-refractivity contribution is 6.30. The largest absolute Gasteiger partial charge is 0.298 e. The molecule has 0 heterocycles. The van der Waals surface area contributed by atoms with Crippen molar-refractivity contribution in [3.63, 3.8) is 0 Å². The number of rotatable bonds is 2. The number of hydrogen-bond acceptors (Lipinski definition) is 1. The van der Waals surface area contributed by atoms with Crippen LogP contribution in [0.3, 0.4) is 0 Å². The minimum atomic E-state index is -2.79. The molecule has 0 spiro atoms. The second-order valence-corrected chi connectivity index (χ2v) is 1.64. The molecule has 4 heteroatoms. The summed E-state index contributed by atoms with van der Waals surface area (Å²) in [6, 6.07) is 0. The molecule has 0 bridgehead atoms. The van der Waals surface area contributed by atoms with Crippen LogP contribution in [-0.2, 0) is 4.79 Å². The zero-order valence-electron chi connectivity index (χ0n) is 3.33. The minimum Gasteiger partial charge on any atom is -0.298 e. The first-order valence-electron chi connectivity index (χ1n) is 1.52. The number of carbonyl (C=O) groups excluding carboxylic acids is 1. The Kier molecular flexibility index (Phi) is 2.15. The Bertz CT molecular complexity index is 73.3. The lowest BCUT2D eigenvalue weighted by atomic mass is 10.5.